The van der Waals surface area contributed by atoms with Crippen LogP contribution in [0.1, 0.15) is 11.3 Å². The molecule has 2 aromatic heterocycles. The minimum Gasteiger partial charge on any atom is -0.491 e. The van der Waals surface area contributed by atoms with Crippen molar-refractivity contribution < 1.29 is 18.6 Å². The molecule has 0 saturated carbocycles. The molecule has 2 N–H and O–H groups in total. The number of aliphatic hydroxyl groups is 1. The number of hydrogen-bond acceptors (Lipinski definition) is 6. The van der Waals surface area contributed by atoms with Crippen molar-refractivity contribution in [2.45, 2.75) is 20.0 Å². The maximum atomic E-state index is 13.2. The third-order valence-electron chi connectivity index (χ3n) is 4.12. The van der Waals surface area contributed by atoms with Gasteiger partial charge in [0.25, 0.3) is 0 Å². The molecule has 3 rings (SSSR count). The van der Waals surface area contributed by atoms with Crippen LogP contribution in [0.2, 0.25) is 0 Å². The number of aromatic nitrogens is 3. The van der Waals surface area contributed by atoms with Crippen molar-refractivity contribution in [2.24, 2.45) is 0 Å². The van der Waals surface area contributed by atoms with Gasteiger partial charge in [0.1, 0.15) is 30.0 Å². The third-order valence-corrected chi connectivity index (χ3v) is 4.12. The normalized spacial score (nSPS) is 11.9. The van der Waals surface area contributed by atoms with Gasteiger partial charge in [-0.05, 0) is 38.1 Å². The second-order valence-corrected chi connectivity index (χ2v) is 6.24. The molecule has 0 spiro atoms. The molecule has 0 saturated heterocycles. The summed E-state index contributed by atoms with van der Waals surface area (Å²) < 4.78 is 31.4. The smallest absolute Gasteiger partial charge is 0.180 e. The summed E-state index contributed by atoms with van der Waals surface area (Å²) in [5, 5.41) is 13.2. The molecule has 1 aromatic carbocycles. The highest BCUT2D eigenvalue weighted by Gasteiger charge is 2.13. The van der Waals surface area contributed by atoms with Crippen LogP contribution in [0.5, 0.6) is 5.75 Å². The van der Waals surface area contributed by atoms with Crippen LogP contribution in [0.4, 0.5) is 14.6 Å². The van der Waals surface area contributed by atoms with Gasteiger partial charge < -0.3 is 15.2 Å². The summed E-state index contributed by atoms with van der Waals surface area (Å²) in [5.41, 5.74) is 2.30. The number of nitrogens with zero attached hydrogens (tertiary/aromatic N) is 3. The first-order chi connectivity index (χ1) is 13.4. The van der Waals surface area contributed by atoms with Crippen LogP contribution in [-0.2, 0) is 0 Å². The lowest BCUT2D eigenvalue weighted by molar-refractivity contribution is 0.117. The summed E-state index contributed by atoms with van der Waals surface area (Å²) in [6.07, 6.45) is 0.779. The zero-order chi connectivity index (χ0) is 20.1. The number of hydrogen-bond donors (Lipinski definition) is 2. The van der Waals surface area contributed by atoms with Crippen molar-refractivity contribution in [2.75, 3.05) is 18.5 Å². The number of aryl methyl sites for hydroxylation is 1. The number of aliphatic hydroxyl groups excluding tert-OH is 1. The van der Waals surface area contributed by atoms with Crippen LogP contribution in [0, 0.1) is 25.5 Å². The van der Waals surface area contributed by atoms with Gasteiger partial charge in [0, 0.05) is 30.1 Å². The van der Waals surface area contributed by atoms with Crippen LogP contribution in [-0.4, -0.2) is 39.3 Å². The highest BCUT2D eigenvalue weighted by molar-refractivity contribution is 5.56. The Balaban J connectivity index is 1.63. The fraction of sp³-hybridized carbons (Fsp3) is 0.250. The molecule has 0 aliphatic heterocycles. The standard InChI is InChI=1S/C20H20F2N4O2/c1-12-13(2)25-20(18-5-3-4-8-23-18)26-19(12)24-10-14(27)11-28-15-6-7-16(21)17(22)9-15/h3-9,14,27H,10-11H2,1-2H3,(H,24,25,26). The first-order valence-corrected chi connectivity index (χ1v) is 8.70. The minimum atomic E-state index is -1.00. The van der Waals surface area contributed by atoms with Crippen molar-refractivity contribution in [1.29, 1.82) is 0 Å². The fourth-order valence-electron chi connectivity index (χ4n) is 2.44. The Bertz CT molecular complexity index is 954. The number of halogens is 2. The first-order valence-electron chi connectivity index (χ1n) is 8.70. The Morgan fingerprint density at radius 3 is 2.64 bits per heavy atom. The van der Waals surface area contributed by atoms with Gasteiger partial charge >= 0.3 is 0 Å². The summed E-state index contributed by atoms with van der Waals surface area (Å²) in [7, 11) is 0. The van der Waals surface area contributed by atoms with Gasteiger partial charge in [-0.3, -0.25) is 4.98 Å². The molecule has 146 valence electrons. The molecule has 6 nitrogen and oxygen atoms in total. The Morgan fingerprint density at radius 2 is 1.93 bits per heavy atom. The van der Waals surface area contributed by atoms with Crippen molar-refractivity contribution in [3.63, 3.8) is 0 Å². The van der Waals surface area contributed by atoms with E-state index in [9.17, 15) is 13.9 Å². The lowest BCUT2D eigenvalue weighted by atomic mass is 10.2. The van der Waals surface area contributed by atoms with Crippen molar-refractivity contribution in [3.05, 3.63) is 65.5 Å². The number of ether oxygens (including phenoxy) is 1. The Hall–Kier alpha value is -3.13. The van der Waals surface area contributed by atoms with Gasteiger partial charge in [-0.1, -0.05) is 6.07 Å². The number of rotatable bonds is 7. The van der Waals surface area contributed by atoms with E-state index < -0.39 is 17.7 Å². The molecule has 1 unspecified atom stereocenters. The van der Waals surface area contributed by atoms with E-state index in [2.05, 4.69) is 20.3 Å². The molecule has 0 aliphatic rings. The van der Waals surface area contributed by atoms with Crippen LogP contribution in [0.25, 0.3) is 11.5 Å². The molecule has 0 amide bonds. The quantitative estimate of drug-likeness (QED) is 0.649. The van der Waals surface area contributed by atoms with Crippen molar-refractivity contribution >= 4 is 5.82 Å². The molecule has 28 heavy (non-hydrogen) atoms. The summed E-state index contributed by atoms with van der Waals surface area (Å²) >= 11 is 0. The Labute approximate surface area is 161 Å². The van der Waals surface area contributed by atoms with E-state index in [0.717, 1.165) is 23.4 Å². The van der Waals surface area contributed by atoms with Crippen LogP contribution in [0.3, 0.4) is 0 Å². The van der Waals surface area contributed by atoms with Crippen LogP contribution in [0.15, 0.2) is 42.6 Å². The largest absolute Gasteiger partial charge is 0.491 e. The Morgan fingerprint density at radius 1 is 1.11 bits per heavy atom. The van der Waals surface area contributed by atoms with E-state index in [1.807, 2.05) is 32.0 Å². The number of benzene rings is 1. The topological polar surface area (TPSA) is 80.2 Å². The van der Waals surface area contributed by atoms with Gasteiger partial charge in [0.15, 0.2) is 17.5 Å². The van der Waals surface area contributed by atoms with Crippen LogP contribution >= 0.6 is 0 Å². The average Bonchev–Trinajstić information content (AvgIpc) is 2.70. The van der Waals surface area contributed by atoms with Gasteiger partial charge in [0.05, 0.1) is 0 Å². The molecule has 1 atom stereocenters. The molecule has 8 heteroatoms. The third kappa shape index (κ3) is 4.77. The summed E-state index contributed by atoms with van der Waals surface area (Å²) in [5.74, 6) is -0.740. The zero-order valence-corrected chi connectivity index (χ0v) is 15.5. The van der Waals surface area contributed by atoms with E-state index >= 15 is 0 Å². The maximum absolute atomic E-state index is 13.2. The zero-order valence-electron chi connectivity index (χ0n) is 15.5. The average molecular weight is 386 g/mol. The molecular weight excluding hydrogens is 366 g/mol. The van der Waals surface area contributed by atoms with Crippen molar-refractivity contribution in [3.8, 4) is 17.3 Å². The predicted octanol–water partition coefficient (Wildman–Crippen LogP) is 3.29. The SMILES string of the molecule is Cc1nc(-c2ccccn2)nc(NCC(O)COc2ccc(F)c(F)c2)c1C. The monoisotopic (exact) mass is 386 g/mol. The molecule has 0 bridgehead atoms. The van der Waals surface area contributed by atoms with Gasteiger partial charge in [-0.25, -0.2) is 18.7 Å². The van der Waals surface area contributed by atoms with Crippen LogP contribution < -0.4 is 10.1 Å². The van der Waals surface area contributed by atoms with Crippen molar-refractivity contribution in [1.82, 2.24) is 15.0 Å². The molecular formula is C20H20F2N4O2. The lowest BCUT2D eigenvalue weighted by Gasteiger charge is -2.16. The lowest BCUT2D eigenvalue weighted by Crippen LogP contribution is -2.27. The number of nitrogens with one attached hydrogen (secondary N) is 1. The Kier molecular flexibility index (Phi) is 6.10. The predicted molar refractivity (Wildman–Crippen MR) is 101 cm³/mol. The second-order valence-electron chi connectivity index (χ2n) is 6.24. The molecule has 3 aromatic rings. The van der Waals surface area contributed by atoms with E-state index in [-0.39, 0.29) is 18.9 Å². The number of anilines is 1. The highest BCUT2D eigenvalue weighted by Crippen LogP contribution is 2.20. The highest BCUT2D eigenvalue weighted by atomic mass is 19.2. The number of pyridine rings is 1. The fourth-order valence-corrected chi connectivity index (χ4v) is 2.44. The van der Waals surface area contributed by atoms with Gasteiger partial charge in [-0.2, -0.15) is 0 Å². The van der Waals surface area contributed by atoms with Gasteiger partial charge in [0.2, 0.25) is 0 Å². The summed E-state index contributed by atoms with van der Waals surface area (Å²) in [6, 6.07) is 8.70. The second kappa shape index (κ2) is 8.71. The summed E-state index contributed by atoms with van der Waals surface area (Å²) in [4.78, 5) is 13.2. The van der Waals surface area contributed by atoms with E-state index in [0.29, 0.717) is 17.3 Å². The maximum Gasteiger partial charge on any atom is 0.180 e. The molecule has 2 heterocycles. The van der Waals surface area contributed by atoms with E-state index in [4.69, 9.17) is 4.74 Å². The van der Waals surface area contributed by atoms with E-state index in [1.165, 1.54) is 6.07 Å². The molecule has 0 radical (unpaired) electrons. The van der Waals surface area contributed by atoms with E-state index in [1.54, 1.807) is 6.20 Å². The molecule has 0 aliphatic carbocycles. The summed E-state index contributed by atoms with van der Waals surface area (Å²) in [6.45, 7) is 3.82. The molecule has 0 fully saturated rings. The van der Waals surface area contributed by atoms with Gasteiger partial charge in [-0.15, -0.1) is 0 Å². The minimum absolute atomic E-state index is 0.0890. The first kappa shape index (κ1) is 19.6.